The topological polar surface area (TPSA) is 149 Å². The van der Waals surface area contributed by atoms with Gasteiger partial charge in [-0.15, -0.1) is 0 Å². The minimum Gasteiger partial charge on any atom is -0.450 e. The van der Waals surface area contributed by atoms with Gasteiger partial charge in [-0.3, -0.25) is 4.79 Å². The third-order valence-electron chi connectivity index (χ3n) is 10.4. The van der Waals surface area contributed by atoms with Gasteiger partial charge in [0, 0.05) is 26.7 Å². The summed E-state index contributed by atoms with van der Waals surface area (Å²) in [5.74, 6) is -0.988. The van der Waals surface area contributed by atoms with E-state index in [1.807, 2.05) is 73.7 Å². The zero-order chi connectivity index (χ0) is 42.5. The van der Waals surface area contributed by atoms with Crippen molar-refractivity contribution >= 4 is 11.9 Å². The fourth-order valence-corrected chi connectivity index (χ4v) is 7.19. The lowest BCUT2D eigenvalue weighted by Crippen LogP contribution is -2.68. The Morgan fingerprint density at radius 3 is 1.62 bits per heavy atom. The van der Waals surface area contributed by atoms with Gasteiger partial charge in [0.2, 0.25) is 5.91 Å². The fourth-order valence-electron chi connectivity index (χ4n) is 7.19. The van der Waals surface area contributed by atoms with Crippen LogP contribution in [0.2, 0.25) is 0 Å². The summed E-state index contributed by atoms with van der Waals surface area (Å²) in [5, 5.41) is 14.2. The van der Waals surface area contributed by atoms with Gasteiger partial charge in [-0.05, 0) is 42.5 Å². The first-order chi connectivity index (χ1) is 29.3. The molecule has 0 aliphatic carbocycles. The first-order valence-corrected chi connectivity index (χ1v) is 21.6. The number of carbonyl (C=O) groups excluding carboxylic acids is 2. The monoisotopic (exact) mass is 835 g/mol. The number of amides is 1. The van der Waals surface area contributed by atoms with E-state index < -0.39 is 67.3 Å². The second kappa shape index (κ2) is 25.9. The molecule has 0 saturated carbocycles. The molecule has 13 nitrogen and oxygen atoms in total. The maximum atomic E-state index is 14.0. The predicted octanol–water partition coefficient (Wildman–Crippen LogP) is 6.53. The smallest absolute Gasteiger partial charge is 0.338 e. The van der Waals surface area contributed by atoms with Crippen molar-refractivity contribution in [3.63, 3.8) is 0 Å². The number of nitrogens with one attached hydrogen (secondary N) is 1. The number of benzene rings is 3. The predicted molar refractivity (Wildman–Crippen MR) is 224 cm³/mol. The second-order valence-electron chi connectivity index (χ2n) is 15.2. The molecule has 0 spiro atoms. The van der Waals surface area contributed by atoms with E-state index in [1.54, 1.807) is 24.3 Å². The molecule has 2 aliphatic heterocycles. The highest BCUT2D eigenvalue weighted by Crippen LogP contribution is 2.35. The molecule has 2 fully saturated rings. The number of carbonyl (C=O) groups is 2. The lowest BCUT2D eigenvalue weighted by Gasteiger charge is -2.49. The molecule has 2 heterocycles. The van der Waals surface area contributed by atoms with E-state index in [0.29, 0.717) is 38.4 Å². The molecular formula is C47H65NO12. The van der Waals surface area contributed by atoms with Gasteiger partial charge >= 0.3 is 5.97 Å². The Morgan fingerprint density at radius 1 is 0.617 bits per heavy atom. The molecule has 2 aliphatic rings. The highest BCUT2D eigenvalue weighted by Gasteiger charge is 2.54. The van der Waals surface area contributed by atoms with Crippen LogP contribution in [0.4, 0.5) is 0 Å². The van der Waals surface area contributed by atoms with Gasteiger partial charge < -0.3 is 53.1 Å². The molecule has 2 N–H and O–H groups in total. The van der Waals surface area contributed by atoms with Crippen LogP contribution in [0.15, 0.2) is 91.0 Å². The number of aliphatic hydroxyl groups excluding tert-OH is 1. The molecule has 3 aromatic rings. The zero-order valence-electron chi connectivity index (χ0n) is 35.6. The summed E-state index contributed by atoms with van der Waals surface area (Å²) < 4.78 is 58.7. The van der Waals surface area contributed by atoms with E-state index in [4.69, 9.17) is 42.6 Å². The van der Waals surface area contributed by atoms with Crippen molar-refractivity contribution in [3.05, 3.63) is 108 Å². The van der Waals surface area contributed by atoms with Gasteiger partial charge in [0.05, 0.1) is 32.0 Å². The minimum atomic E-state index is -1.45. The van der Waals surface area contributed by atoms with E-state index in [1.165, 1.54) is 6.92 Å². The first kappa shape index (κ1) is 47.3. The summed E-state index contributed by atoms with van der Waals surface area (Å²) in [4.78, 5) is 26.6. The van der Waals surface area contributed by atoms with Crippen LogP contribution in [0.25, 0.3) is 0 Å². The van der Waals surface area contributed by atoms with Crippen LogP contribution in [-0.4, -0.2) is 111 Å². The summed E-state index contributed by atoms with van der Waals surface area (Å²) in [6, 6.07) is 27.2. The van der Waals surface area contributed by atoms with E-state index in [2.05, 4.69) is 19.2 Å². The molecule has 330 valence electrons. The van der Waals surface area contributed by atoms with Crippen molar-refractivity contribution in [2.75, 3.05) is 33.0 Å². The Morgan fingerprint density at radius 2 is 1.10 bits per heavy atom. The lowest BCUT2D eigenvalue weighted by molar-refractivity contribution is -0.354. The Labute approximate surface area is 355 Å². The van der Waals surface area contributed by atoms with Gasteiger partial charge in [-0.1, -0.05) is 119 Å². The van der Waals surface area contributed by atoms with Crippen molar-refractivity contribution in [1.29, 1.82) is 0 Å². The van der Waals surface area contributed by atoms with Gasteiger partial charge in [0.15, 0.2) is 18.7 Å². The highest BCUT2D eigenvalue weighted by atomic mass is 16.7. The SMILES string of the molecule is CCCCOC1C(COCc2ccccc2)OC(OC2C(COCc3ccccc3)OC(O)C(NC(C)=O)C2OCCCC)C(OC(=O)c2ccccc2)C1OCCCC. The summed E-state index contributed by atoms with van der Waals surface area (Å²) in [6.45, 7) is 9.33. The van der Waals surface area contributed by atoms with Crippen molar-refractivity contribution < 1.29 is 57.3 Å². The second-order valence-corrected chi connectivity index (χ2v) is 15.2. The van der Waals surface area contributed by atoms with Crippen LogP contribution < -0.4 is 5.32 Å². The molecule has 0 aromatic heterocycles. The van der Waals surface area contributed by atoms with Gasteiger partial charge in [-0.2, -0.15) is 0 Å². The van der Waals surface area contributed by atoms with Crippen molar-refractivity contribution in [1.82, 2.24) is 5.32 Å². The molecule has 2 saturated heterocycles. The molecule has 5 rings (SSSR count). The molecule has 3 aromatic carbocycles. The summed E-state index contributed by atoms with van der Waals surface area (Å²) >= 11 is 0. The maximum Gasteiger partial charge on any atom is 0.338 e. The Kier molecular flexibility index (Phi) is 20.4. The van der Waals surface area contributed by atoms with Gasteiger partial charge in [0.1, 0.15) is 42.7 Å². The Bertz CT molecular complexity index is 1640. The van der Waals surface area contributed by atoms with Crippen LogP contribution in [0, 0.1) is 0 Å². The quantitative estimate of drug-likeness (QED) is 0.0706. The normalized spacial score (nSPS) is 26.7. The van der Waals surface area contributed by atoms with Crippen LogP contribution in [0.3, 0.4) is 0 Å². The average Bonchev–Trinajstić information content (AvgIpc) is 3.26. The van der Waals surface area contributed by atoms with E-state index >= 15 is 0 Å². The molecule has 60 heavy (non-hydrogen) atoms. The van der Waals surface area contributed by atoms with Crippen molar-refractivity contribution in [2.24, 2.45) is 0 Å². The summed E-state index contributed by atoms with van der Waals surface area (Å²) in [5.41, 5.74) is 2.27. The first-order valence-electron chi connectivity index (χ1n) is 21.6. The minimum absolute atomic E-state index is 0.0129. The van der Waals surface area contributed by atoms with E-state index in [-0.39, 0.29) is 25.7 Å². The number of rotatable bonds is 25. The van der Waals surface area contributed by atoms with Crippen molar-refractivity contribution in [2.45, 2.75) is 141 Å². The largest absolute Gasteiger partial charge is 0.450 e. The molecule has 10 unspecified atom stereocenters. The highest BCUT2D eigenvalue weighted by molar-refractivity contribution is 5.89. The van der Waals surface area contributed by atoms with Crippen LogP contribution in [-0.2, 0) is 60.6 Å². The average molecular weight is 836 g/mol. The molecule has 1 amide bonds. The maximum absolute atomic E-state index is 14.0. The zero-order valence-corrected chi connectivity index (χ0v) is 35.6. The lowest BCUT2D eigenvalue weighted by atomic mass is 9.94. The van der Waals surface area contributed by atoms with Crippen LogP contribution >= 0.6 is 0 Å². The molecule has 0 bridgehead atoms. The summed E-state index contributed by atoms with van der Waals surface area (Å²) in [6.07, 6.45) is -4.18. The number of hydrogen-bond acceptors (Lipinski definition) is 12. The van der Waals surface area contributed by atoms with Crippen LogP contribution in [0.5, 0.6) is 0 Å². The van der Waals surface area contributed by atoms with Crippen LogP contribution in [0.1, 0.15) is 87.7 Å². The number of esters is 1. The Balaban J connectivity index is 1.54. The number of aliphatic hydroxyl groups is 1. The van der Waals surface area contributed by atoms with E-state index in [9.17, 15) is 14.7 Å². The number of ether oxygens (including phenoxy) is 9. The molecule has 0 radical (unpaired) electrons. The van der Waals surface area contributed by atoms with E-state index in [0.717, 1.165) is 43.2 Å². The third-order valence-corrected chi connectivity index (χ3v) is 10.4. The van der Waals surface area contributed by atoms with Gasteiger partial charge in [0.25, 0.3) is 0 Å². The standard InChI is InChI=1S/C47H65NO12/c1-5-8-26-54-40-37(31-52-29-34-20-14-11-15-21-34)58-47(44(43(40)56-28-10-7-3)59-45(50)36-24-18-13-19-25-36)60-41-38(32-53-30-35-22-16-12-17-23-35)57-46(51)39(48-33(4)49)42(41)55-27-9-6-2/h11-25,37-44,46-47,51H,5-10,26-32H2,1-4H3,(H,48,49). The molecule has 13 heteroatoms. The van der Waals surface area contributed by atoms with Crippen molar-refractivity contribution in [3.8, 4) is 0 Å². The third kappa shape index (κ3) is 14.4. The fraction of sp³-hybridized carbons (Fsp3) is 0.574. The number of hydrogen-bond donors (Lipinski definition) is 2. The van der Waals surface area contributed by atoms with Gasteiger partial charge in [-0.25, -0.2) is 4.79 Å². The molecular weight excluding hydrogens is 771 g/mol. The Hall–Kier alpha value is -3.76. The summed E-state index contributed by atoms with van der Waals surface area (Å²) in [7, 11) is 0. The number of unbranched alkanes of at least 4 members (excludes halogenated alkanes) is 3. The molecule has 10 atom stereocenters.